The molecule has 1 heterocycles. The van der Waals surface area contributed by atoms with E-state index in [0.717, 1.165) is 29.9 Å². The maximum absolute atomic E-state index is 10.8. The molecule has 2 heteroatoms. The van der Waals surface area contributed by atoms with E-state index in [2.05, 4.69) is 25.6 Å². The summed E-state index contributed by atoms with van der Waals surface area (Å²) in [5, 5.41) is 0.858. The summed E-state index contributed by atoms with van der Waals surface area (Å²) in [4.78, 5) is 10.8. The van der Waals surface area contributed by atoms with Gasteiger partial charge in [-0.15, -0.1) is 0 Å². The lowest BCUT2D eigenvalue weighted by atomic mass is 9.92. The highest BCUT2D eigenvalue weighted by atomic mass is 32.2. The molecule has 0 aromatic carbocycles. The van der Waals surface area contributed by atoms with E-state index in [1.807, 2.05) is 0 Å². The van der Waals surface area contributed by atoms with Gasteiger partial charge in [-0.2, -0.15) is 11.8 Å². The highest BCUT2D eigenvalue weighted by Crippen LogP contribution is 2.39. The number of Topliss-reactive ketones (excluding diaryl/α,β-unsaturated/α-hetero) is 1. The molecule has 0 N–H and O–H groups in total. The Balaban J connectivity index is 2.10. The Morgan fingerprint density at radius 2 is 2.07 bits per heavy atom. The predicted octanol–water partition coefficient (Wildman–Crippen LogP) is 3.52. The number of rotatable bonds is 5. The van der Waals surface area contributed by atoms with E-state index in [0.29, 0.717) is 5.78 Å². The van der Waals surface area contributed by atoms with Crippen LogP contribution < -0.4 is 0 Å². The Bertz CT molecular complexity index is 191. The monoisotopic (exact) mass is 214 g/mol. The third-order valence-electron chi connectivity index (χ3n) is 3.32. The van der Waals surface area contributed by atoms with Gasteiger partial charge in [0.15, 0.2) is 0 Å². The second-order valence-corrected chi connectivity index (χ2v) is 5.93. The van der Waals surface area contributed by atoms with Gasteiger partial charge < -0.3 is 4.79 Å². The smallest absolute Gasteiger partial charge is 0.129 e. The van der Waals surface area contributed by atoms with Crippen LogP contribution in [0.25, 0.3) is 0 Å². The number of carbonyl (C=O) groups excluding carboxylic acids is 1. The van der Waals surface area contributed by atoms with E-state index in [-0.39, 0.29) is 0 Å². The predicted molar refractivity (Wildman–Crippen MR) is 63.7 cm³/mol. The quantitative estimate of drug-likeness (QED) is 0.651. The van der Waals surface area contributed by atoms with Gasteiger partial charge in [0.1, 0.15) is 5.78 Å². The average Bonchev–Trinajstić information content (AvgIpc) is 2.43. The topological polar surface area (TPSA) is 17.1 Å². The summed E-state index contributed by atoms with van der Waals surface area (Å²) in [7, 11) is 0. The van der Waals surface area contributed by atoms with Gasteiger partial charge >= 0.3 is 0 Å². The van der Waals surface area contributed by atoms with Gasteiger partial charge in [0.25, 0.3) is 0 Å². The number of ketones is 1. The Morgan fingerprint density at radius 1 is 1.36 bits per heavy atom. The van der Waals surface area contributed by atoms with E-state index in [9.17, 15) is 4.79 Å². The van der Waals surface area contributed by atoms with Crippen molar-refractivity contribution in [1.29, 1.82) is 0 Å². The van der Waals surface area contributed by atoms with Crippen LogP contribution in [0.5, 0.6) is 0 Å². The molecular weight excluding hydrogens is 192 g/mol. The van der Waals surface area contributed by atoms with E-state index in [1.165, 1.54) is 18.6 Å². The van der Waals surface area contributed by atoms with Crippen LogP contribution in [0.2, 0.25) is 0 Å². The molecule has 1 nitrogen and oxygen atoms in total. The lowest BCUT2D eigenvalue weighted by molar-refractivity contribution is -0.117. The zero-order valence-electron chi connectivity index (χ0n) is 9.58. The van der Waals surface area contributed by atoms with Crippen molar-refractivity contribution in [3.8, 4) is 0 Å². The Kier molecular flexibility index (Phi) is 5.00. The summed E-state index contributed by atoms with van der Waals surface area (Å²) >= 11 is 2.13. The molecule has 1 aliphatic heterocycles. The summed E-state index contributed by atoms with van der Waals surface area (Å²) in [5.74, 6) is 3.43. The zero-order chi connectivity index (χ0) is 10.6. The first-order valence-electron chi connectivity index (χ1n) is 5.72. The van der Waals surface area contributed by atoms with Gasteiger partial charge in [-0.25, -0.2) is 0 Å². The fourth-order valence-corrected chi connectivity index (χ4v) is 3.77. The molecule has 0 amide bonds. The molecule has 0 saturated carbocycles. The summed E-state index contributed by atoms with van der Waals surface area (Å²) < 4.78 is 0. The van der Waals surface area contributed by atoms with Crippen molar-refractivity contribution in [2.24, 2.45) is 11.8 Å². The minimum atomic E-state index is 0.338. The van der Waals surface area contributed by atoms with E-state index in [4.69, 9.17) is 0 Å². The minimum absolute atomic E-state index is 0.338. The average molecular weight is 214 g/mol. The molecule has 14 heavy (non-hydrogen) atoms. The second kappa shape index (κ2) is 5.79. The molecule has 1 saturated heterocycles. The van der Waals surface area contributed by atoms with Crippen molar-refractivity contribution in [1.82, 2.24) is 0 Å². The van der Waals surface area contributed by atoms with Crippen LogP contribution in [0.1, 0.15) is 46.5 Å². The Hall–Kier alpha value is 0.0200. The highest BCUT2D eigenvalue weighted by molar-refractivity contribution is 8.00. The van der Waals surface area contributed by atoms with Crippen LogP contribution in [-0.4, -0.2) is 16.8 Å². The van der Waals surface area contributed by atoms with E-state index >= 15 is 0 Å². The van der Waals surface area contributed by atoms with Gasteiger partial charge in [0.05, 0.1) is 0 Å². The maximum atomic E-state index is 10.8. The molecule has 3 atom stereocenters. The molecule has 0 aromatic rings. The van der Waals surface area contributed by atoms with Crippen molar-refractivity contribution in [3.05, 3.63) is 0 Å². The third-order valence-corrected chi connectivity index (χ3v) is 5.14. The van der Waals surface area contributed by atoms with E-state index < -0.39 is 0 Å². The van der Waals surface area contributed by atoms with Gasteiger partial charge in [-0.1, -0.05) is 20.3 Å². The van der Waals surface area contributed by atoms with Crippen LogP contribution in [0.15, 0.2) is 0 Å². The standard InChI is InChI=1S/C12H22OS/c1-9-8-14-12(11(9)3)7-5-4-6-10(2)13/h9,11-12H,4-8H2,1-3H3. The molecule has 0 aromatic heterocycles. The zero-order valence-corrected chi connectivity index (χ0v) is 10.4. The molecule has 1 fully saturated rings. The third kappa shape index (κ3) is 3.64. The first-order chi connectivity index (χ1) is 6.61. The molecule has 82 valence electrons. The van der Waals surface area contributed by atoms with Gasteiger partial charge in [-0.05, 0) is 37.4 Å². The Morgan fingerprint density at radius 3 is 2.57 bits per heavy atom. The summed E-state index contributed by atoms with van der Waals surface area (Å²) in [5.41, 5.74) is 0. The van der Waals surface area contributed by atoms with Crippen molar-refractivity contribution < 1.29 is 4.79 Å². The van der Waals surface area contributed by atoms with Crippen LogP contribution in [0.4, 0.5) is 0 Å². The van der Waals surface area contributed by atoms with Crippen LogP contribution in [-0.2, 0) is 4.79 Å². The van der Waals surface area contributed by atoms with Gasteiger partial charge in [0.2, 0.25) is 0 Å². The first-order valence-corrected chi connectivity index (χ1v) is 6.77. The molecule has 0 aliphatic carbocycles. The maximum Gasteiger partial charge on any atom is 0.129 e. The highest BCUT2D eigenvalue weighted by Gasteiger charge is 2.29. The van der Waals surface area contributed by atoms with Crippen LogP contribution in [0.3, 0.4) is 0 Å². The van der Waals surface area contributed by atoms with Crippen molar-refractivity contribution in [2.45, 2.75) is 51.7 Å². The minimum Gasteiger partial charge on any atom is -0.300 e. The lowest BCUT2D eigenvalue weighted by Gasteiger charge is -2.16. The molecule has 1 rings (SSSR count). The van der Waals surface area contributed by atoms with Crippen molar-refractivity contribution in [2.75, 3.05) is 5.75 Å². The van der Waals surface area contributed by atoms with E-state index in [1.54, 1.807) is 6.92 Å². The fourth-order valence-electron chi connectivity index (χ4n) is 2.01. The number of unbranched alkanes of at least 4 members (excludes halogenated alkanes) is 1. The largest absolute Gasteiger partial charge is 0.300 e. The second-order valence-electron chi connectivity index (χ2n) is 4.66. The summed E-state index contributed by atoms with van der Waals surface area (Å²) in [6, 6.07) is 0. The first kappa shape index (κ1) is 12.1. The van der Waals surface area contributed by atoms with Crippen molar-refractivity contribution >= 4 is 17.5 Å². The molecular formula is C12H22OS. The molecule has 3 unspecified atom stereocenters. The number of thioether (sulfide) groups is 1. The number of carbonyl (C=O) groups is 1. The lowest BCUT2D eigenvalue weighted by Crippen LogP contribution is -2.13. The van der Waals surface area contributed by atoms with Gasteiger partial charge in [-0.3, -0.25) is 0 Å². The van der Waals surface area contributed by atoms with Crippen LogP contribution >= 0.6 is 11.8 Å². The number of hydrogen-bond acceptors (Lipinski definition) is 2. The molecule has 1 aliphatic rings. The molecule has 0 radical (unpaired) electrons. The fraction of sp³-hybridized carbons (Fsp3) is 0.917. The van der Waals surface area contributed by atoms with Gasteiger partial charge in [0, 0.05) is 11.7 Å². The van der Waals surface area contributed by atoms with Crippen LogP contribution in [0, 0.1) is 11.8 Å². The summed E-state index contributed by atoms with van der Waals surface area (Å²) in [6.07, 6.45) is 4.41. The summed E-state index contributed by atoms with van der Waals surface area (Å²) in [6.45, 7) is 6.42. The normalized spacial score (nSPS) is 32.1. The van der Waals surface area contributed by atoms with Crippen molar-refractivity contribution in [3.63, 3.8) is 0 Å². The Labute approximate surface area is 92.0 Å². The molecule has 0 spiro atoms. The number of hydrogen-bond donors (Lipinski definition) is 0. The SMILES string of the molecule is CC(=O)CCCCC1SCC(C)C1C. The molecule has 0 bridgehead atoms.